The zero-order chi connectivity index (χ0) is 11.3. The average Bonchev–Trinajstić information content (AvgIpc) is 2.15. The Labute approximate surface area is 87.8 Å². The molecule has 4 nitrogen and oxygen atoms in total. The van der Waals surface area contributed by atoms with Crippen LogP contribution in [0.5, 0.6) is 5.75 Å². The number of aliphatic hydroxyl groups is 1. The van der Waals surface area contributed by atoms with Crippen molar-refractivity contribution in [2.75, 3.05) is 0 Å². The van der Waals surface area contributed by atoms with Crippen molar-refractivity contribution in [1.29, 1.82) is 0 Å². The molecule has 1 aromatic rings. The van der Waals surface area contributed by atoms with E-state index in [0.29, 0.717) is 6.42 Å². The number of hydrogen-bond acceptors (Lipinski definition) is 3. The van der Waals surface area contributed by atoms with E-state index in [4.69, 9.17) is 10.2 Å². The van der Waals surface area contributed by atoms with Crippen molar-refractivity contribution in [3.05, 3.63) is 29.8 Å². The molecule has 0 fully saturated rings. The molecular formula is C11H14O4. The Morgan fingerprint density at radius 2 is 2.13 bits per heavy atom. The molecule has 0 bridgehead atoms. The standard InChI is InChI=1S/C11H14O4/c12-9-3-1-2-8(6-9)7-10(13)4-5-11(14)15/h1-3,6,10,12-13H,4-5,7H2,(H,14,15). The molecule has 0 aromatic heterocycles. The molecule has 1 unspecified atom stereocenters. The Kier molecular flexibility index (Phi) is 4.12. The highest BCUT2D eigenvalue weighted by Crippen LogP contribution is 2.14. The van der Waals surface area contributed by atoms with Crippen LogP contribution in [0.25, 0.3) is 0 Å². The van der Waals surface area contributed by atoms with Gasteiger partial charge in [-0.25, -0.2) is 0 Å². The Morgan fingerprint density at radius 3 is 2.73 bits per heavy atom. The molecule has 82 valence electrons. The molecule has 0 aliphatic rings. The van der Waals surface area contributed by atoms with E-state index in [0.717, 1.165) is 5.56 Å². The van der Waals surface area contributed by atoms with E-state index in [-0.39, 0.29) is 18.6 Å². The third-order valence-electron chi connectivity index (χ3n) is 2.07. The molecule has 0 radical (unpaired) electrons. The van der Waals surface area contributed by atoms with Gasteiger partial charge in [-0.05, 0) is 30.5 Å². The monoisotopic (exact) mass is 210 g/mol. The van der Waals surface area contributed by atoms with Gasteiger partial charge in [0, 0.05) is 6.42 Å². The molecule has 0 heterocycles. The minimum atomic E-state index is -0.912. The normalized spacial score (nSPS) is 12.3. The summed E-state index contributed by atoms with van der Waals surface area (Å²) in [7, 11) is 0. The summed E-state index contributed by atoms with van der Waals surface area (Å²) in [6, 6.07) is 6.58. The minimum Gasteiger partial charge on any atom is -0.508 e. The van der Waals surface area contributed by atoms with E-state index >= 15 is 0 Å². The van der Waals surface area contributed by atoms with Crippen molar-refractivity contribution in [2.45, 2.75) is 25.4 Å². The third-order valence-corrected chi connectivity index (χ3v) is 2.07. The lowest BCUT2D eigenvalue weighted by Crippen LogP contribution is -2.12. The first kappa shape index (κ1) is 11.5. The summed E-state index contributed by atoms with van der Waals surface area (Å²) in [5, 5.41) is 27.1. The quantitative estimate of drug-likeness (QED) is 0.681. The van der Waals surface area contributed by atoms with Gasteiger partial charge < -0.3 is 15.3 Å². The van der Waals surface area contributed by atoms with Crippen LogP contribution < -0.4 is 0 Å². The number of benzene rings is 1. The first-order valence-electron chi connectivity index (χ1n) is 4.75. The molecule has 0 aliphatic heterocycles. The van der Waals surface area contributed by atoms with Crippen LogP contribution in [0.15, 0.2) is 24.3 Å². The second-order valence-corrected chi connectivity index (χ2v) is 3.46. The fourth-order valence-electron chi connectivity index (χ4n) is 1.35. The number of carboxylic acids is 1. The van der Waals surface area contributed by atoms with Crippen molar-refractivity contribution < 1.29 is 20.1 Å². The Morgan fingerprint density at radius 1 is 1.40 bits per heavy atom. The van der Waals surface area contributed by atoms with Gasteiger partial charge in [-0.1, -0.05) is 12.1 Å². The van der Waals surface area contributed by atoms with Crippen LogP contribution in [-0.4, -0.2) is 27.4 Å². The van der Waals surface area contributed by atoms with Crippen molar-refractivity contribution in [2.24, 2.45) is 0 Å². The summed E-state index contributed by atoms with van der Waals surface area (Å²) in [6.07, 6.45) is -0.130. The lowest BCUT2D eigenvalue weighted by Gasteiger charge is -2.09. The molecular weight excluding hydrogens is 196 g/mol. The van der Waals surface area contributed by atoms with Crippen LogP contribution in [0.2, 0.25) is 0 Å². The summed E-state index contributed by atoms with van der Waals surface area (Å²) < 4.78 is 0. The maximum absolute atomic E-state index is 10.3. The fourth-order valence-corrected chi connectivity index (χ4v) is 1.35. The molecule has 0 spiro atoms. The average molecular weight is 210 g/mol. The number of carboxylic acid groups (broad SMARTS) is 1. The van der Waals surface area contributed by atoms with Crippen LogP contribution in [0.1, 0.15) is 18.4 Å². The predicted molar refractivity (Wildman–Crippen MR) is 54.7 cm³/mol. The molecule has 1 rings (SSSR count). The maximum atomic E-state index is 10.3. The molecule has 1 aromatic carbocycles. The zero-order valence-electron chi connectivity index (χ0n) is 8.26. The fraction of sp³-hybridized carbons (Fsp3) is 0.364. The number of carbonyl (C=O) groups is 1. The van der Waals surface area contributed by atoms with E-state index in [1.165, 1.54) is 0 Å². The summed E-state index contributed by atoms with van der Waals surface area (Å²) in [5.74, 6) is -0.761. The van der Waals surface area contributed by atoms with Gasteiger partial charge in [0.05, 0.1) is 6.10 Å². The summed E-state index contributed by atoms with van der Waals surface area (Å²) in [4.78, 5) is 10.3. The van der Waals surface area contributed by atoms with E-state index < -0.39 is 12.1 Å². The SMILES string of the molecule is O=C(O)CCC(O)Cc1cccc(O)c1. The highest BCUT2D eigenvalue weighted by Gasteiger charge is 2.08. The summed E-state index contributed by atoms with van der Waals surface area (Å²) >= 11 is 0. The number of hydrogen-bond donors (Lipinski definition) is 3. The number of rotatable bonds is 5. The molecule has 3 N–H and O–H groups in total. The van der Waals surface area contributed by atoms with E-state index in [1.54, 1.807) is 24.3 Å². The van der Waals surface area contributed by atoms with Crippen LogP contribution in [0.3, 0.4) is 0 Å². The molecule has 15 heavy (non-hydrogen) atoms. The van der Waals surface area contributed by atoms with Gasteiger partial charge in [-0.15, -0.1) is 0 Å². The Hall–Kier alpha value is -1.55. The Balaban J connectivity index is 2.44. The maximum Gasteiger partial charge on any atom is 0.303 e. The lowest BCUT2D eigenvalue weighted by molar-refractivity contribution is -0.137. The van der Waals surface area contributed by atoms with Crippen LogP contribution in [-0.2, 0) is 11.2 Å². The van der Waals surface area contributed by atoms with Gasteiger partial charge >= 0.3 is 5.97 Å². The zero-order valence-corrected chi connectivity index (χ0v) is 8.26. The minimum absolute atomic E-state index is 0.0417. The number of aliphatic carboxylic acids is 1. The second-order valence-electron chi connectivity index (χ2n) is 3.46. The Bertz CT molecular complexity index is 335. The molecule has 4 heteroatoms. The summed E-state index contributed by atoms with van der Waals surface area (Å²) in [5.41, 5.74) is 0.799. The molecule has 0 aliphatic carbocycles. The number of phenolic OH excluding ortho intramolecular Hbond substituents is 1. The van der Waals surface area contributed by atoms with Crippen molar-refractivity contribution in [3.8, 4) is 5.75 Å². The predicted octanol–water partition coefficient (Wildman–Crippen LogP) is 1.16. The van der Waals surface area contributed by atoms with Gasteiger partial charge in [-0.2, -0.15) is 0 Å². The van der Waals surface area contributed by atoms with Crippen molar-refractivity contribution >= 4 is 5.97 Å². The highest BCUT2D eigenvalue weighted by atomic mass is 16.4. The van der Waals surface area contributed by atoms with Crippen molar-refractivity contribution in [1.82, 2.24) is 0 Å². The first-order valence-corrected chi connectivity index (χ1v) is 4.75. The lowest BCUT2D eigenvalue weighted by atomic mass is 10.0. The van der Waals surface area contributed by atoms with Crippen molar-refractivity contribution in [3.63, 3.8) is 0 Å². The molecule has 1 atom stereocenters. The van der Waals surface area contributed by atoms with E-state index in [2.05, 4.69) is 0 Å². The van der Waals surface area contributed by atoms with E-state index in [9.17, 15) is 9.90 Å². The molecule has 0 saturated carbocycles. The third kappa shape index (κ3) is 4.46. The smallest absolute Gasteiger partial charge is 0.303 e. The summed E-state index contributed by atoms with van der Waals surface area (Å²) in [6.45, 7) is 0. The largest absolute Gasteiger partial charge is 0.508 e. The molecule has 0 saturated heterocycles. The second kappa shape index (κ2) is 5.36. The van der Waals surface area contributed by atoms with Crippen LogP contribution >= 0.6 is 0 Å². The van der Waals surface area contributed by atoms with Gasteiger partial charge in [0.2, 0.25) is 0 Å². The van der Waals surface area contributed by atoms with E-state index in [1.807, 2.05) is 0 Å². The van der Waals surface area contributed by atoms with Crippen LogP contribution in [0.4, 0.5) is 0 Å². The van der Waals surface area contributed by atoms with Gasteiger partial charge in [0.1, 0.15) is 5.75 Å². The number of aromatic hydroxyl groups is 1. The van der Waals surface area contributed by atoms with Gasteiger partial charge in [-0.3, -0.25) is 4.79 Å². The van der Waals surface area contributed by atoms with Gasteiger partial charge in [0.25, 0.3) is 0 Å². The van der Waals surface area contributed by atoms with Gasteiger partial charge in [0.15, 0.2) is 0 Å². The first-order chi connectivity index (χ1) is 7.08. The number of phenols is 1. The number of aliphatic hydroxyl groups excluding tert-OH is 1. The van der Waals surface area contributed by atoms with Crippen LogP contribution in [0, 0.1) is 0 Å². The molecule has 0 amide bonds. The highest BCUT2D eigenvalue weighted by molar-refractivity contribution is 5.66. The topological polar surface area (TPSA) is 77.8 Å².